The van der Waals surface area contributed by atoms with Gasteiger partial charge in [-0.1, -0.05) is 36.4 Å². The molecule has 1 fully saturated rings. The molecule has 0 spiro atoms. The van der Waals surface area contributed by atoms with Crippen molar-refractivity contribution in [3.05, 3.63) is 83.7 Å². The molecule has 8 nitrogen and oxygen atoms in total. The predicted molar refractivity (Wildman–Crippen MR) is 153 cm³/mol. The highest BCUT2D eigenvalue weighted by Crippen LogP contribution is 2.32. The number of halogens is 1. The van der Waals surface area contributed by atoms with Crippen molar-refractivity contribution in [3.8, 4) is 5.75 Å². The van der Waals surface area contributed by atoms with Crippen molar-refractivity contribution in [2.45, 2.75) is 18.2 Å². The lowest BCUT2D eigenvalue weighted by Crippen LogP contribution is -2.35. The average molecular weight is 551 g/mol. The van der Waals surface area contributed by atoms with Crippen LogP contribution in [0.15, 0.2) is 76.6 Å². The van der Waals surface area contributed by atoms with Gasteiger partial charge in [0.05, 0.1) is 24.2 Å². The maximum Gasteiger partial charge on any atom is 0.264 e. The smallest absolute Gasteiger partial charge is 0.264 e. The number of anilines is 2. The lowest BCUT2D eigenvalue weighted by Gasteiger charge is -2.25. The number of benzene rings is 3. The first-order valence-corrected chi connectivity index (χ1v) is 14.0. The van der Waals surface area contributed by atoms with Crippen LogP contribution < -0.4 is 14.4 Å². The summed E-state index contributed by atoms with van der Waals surface area (Å²) in [4.78, 5) is 20.8. The molecule has 1 amide bonds. The van der Waals surface area contributed by atoms with Gasteiger partial charge in [-0.15, -0.1) is 0 Å². The van der Waals surface area contributed by atoms with Gasteiger partial charge in [-0.2, -0.15) is 0 Å². The van der Waals surface area contributed by atoms with Crippen molar-refractivity contribution in [3.63, 3.8) is 0 Å². The zero-order valence-electron chi connectivity index (χ0n) is 21.9. The van der Waals surface area contributed by atoms with Crippen molar-refractivity contribution in [1.82, 2.24) is 4.90 Å². The standard InChI is InChI=1S/C29H31FN4O4S/c1-4-9-21-10-7-13-27(28(21)31-2)39(36,37)32-24-15-14-22(20-23(24)30)29(35)34-17-8-16-33(18-19-34)25-11-5-6-12-26(25)38-3/h4-7,9-15,20,32H,2,8,16-19H2,1,3H3/b9-4-. The van der Waals surface area contributed by atoms with Crippen LogP contribution in [-0.2, 0) is 10.0 Å². The molecule has 1 saturated heterocycles. The Balaban J connectivity index is 1.50. The van der Waals surface area contributed by atoms with Crippen LogP contribution in [-0.4, -0.2) is 59.2 Å². The Labute approximate surface area is 228 Å². The van der Waals surface area contributed by atoms with Crippen molar-refractivity contribution in [2.24, 2.45) is 4.99 Å². The van der Waals surface area contributed by atoms with Crippen molar-refractivity contribution in [1.29, 1.82) is 0 Å². The molecule has 3 aromatic carbocycles. The van der Waals surface area contributed by atoms with E-state index in [-0.39, 0.29) is 27.7 Å². The summed E-state index contributed by atoms with van der Waals surface area (Å²) in [5, 5.41) is 0. The summed E-state index contributed by atoms with van der Waals surface area (Å²) in [6, 6.07) is 16.1. The van der Waals surface area contributed by atoms with Crippen LogP contribution in [0.4, 0.5) is 21.5 Å². The van der Waals surface area contributed by atoms with Gasteiger partial charge in [0.2, 0.25) is 0 Å². The fraction of sp³-hybridized carbons (Fsp3) is 0.241. The van der Waals surface area contributed by atoms with E-state index in [1.54, 1.807) is 43.2 Å². The minimum Gasteiger partial charge on any atom is -0.495 e. The maximum atomic E-state index is 15.1. The van der Waals surface area contributed by atoms with Crippen LogP contribution in [0.2, 0.25) is 0 Å². The third-order valence-corrected chi connectivity index (χ3v) is 7.89. The van der Waals surface area contributed by atoms with E-state index >= 15 is 4.39 Å². The number of rotatable bonds is 8. The fourth-order valence-electron chi connectivity index (χ4n) is 4.61. The highest BCUT2D eigenvalue weighted by atomic mass is 32.2. The summed E-state index contributed by atoms with van der Waals surface area (Å²) in [5.41, 5.74) is 1.57. The molecular formula is C29H31FN4O4S. The summed E-state index contributed by atoms with van der Waals surface area (Å²) in [5.74, 6) is -0.406. The molecule has 0 atom stereocenters. The minimum atomic E-state index is -4.18. The van der Waals surface area contributed by atoms with Gasteiger partial charge in [-0.25, -0.2) is 12.8 Å². The molecule has 39 heavy (non-hydrogen) atoms. The highest BCUT2D eigenvalue weighted by molar-refractivity contribution is 7.92. The normalized spacial score (nSPS) is 14.2. The predicted octanol–water partition coefficient (Wildman–Crippen LogP) is 5.35. The van der Waals surface area contributed by atoms with Gasteiger partial charge in [0.15, 0.2) is 0 Å². The first kappa shape index (κ1) is 27.8. The summed E-state index contributed by atoms with van der Waals surface area (Å²) in [6.45, 7) is 7.59. The lowest BCUT2D eigenvalue weighted by atomic mass is 10.1. The first-order valence-electron chi connectivity index (χ1n) is 12.5. The fourth-order valence-corrected chi connectivity index (χ4v) is 5.86. The van der Waals surface area contributed by atoms with Crippen LogP contribution in [0.25, 0.3) is 6.08 Å². The Kier molecular flexibility index (Phi) is 8.65. The van der Waals surface area contributed by atoms with Crippen LogP contribution >= 0.6 is 0 Å². The Morgan fingerprint density at radius 1 is 1.08 bits per heavy atom. The van der Waals surface area contributed by atoms with Crippen LogP contribution in [0.5, 0.6) is 5.75 Å². The second kappa shape index (κ2) is 12.1. The zero-order chi connectivity index (χ0) is 28.0. The molecule has 0 aliphatic carbocycles. The van der Waals surface area contributed by atoms with Gasteiger partial charge in [0.25, 0.3) is 15.9 Å². The number of hydrogen-bond donors (Lipinski definition) is 1. The molecule has 1 aliphatic heterocycles. The number of methoxy groups -OCH3 is 1. The van der Waals surface area contributed by atoms with Gasteiger partial charge in [0, 0.05) is 37.3 Å². The van der Waals surface area contributed by atoms with E-state index in [1.807, 2.05) is 24.3 Å². The molecule has 1 aliphatic rings. The number of nitrogens with one attached hydrogen (secondary N) is 1. The molecular weight excluding hydrogens is 519 g/mol. The summed E-state index contributed by atoms with van der Waals surface area (Å²) < 4.78 is 49.1. The SMILES string of the molecule is C=Nc1c(/C=C\C)cccc1S(=O)(=O)Nc1ccc(C(=O)N2CCCN(c3ccccc3OC)CC2)cc1F. The molecule has 1 heterocycles. The van der Waals surface area contributed by atoms with Gasteiger partial charge in [0.1, 0.15) is 16.5 Å². The van der Waals surface area contributed by atoms with Gasteiger partial charge in [-0.05, 0) is 56.5 Å². The quantitative estimate of drug-likeness (QED) is 0.382. The number of hydrogen-bond acceptors (Lipinski definition) is 6. The topological polar surface area (TPSA) is 91.3 Å². The van der Waals surface area contributed by atoms with E-state index in [4.69, 9.17) is 4.74 Å². The molecule has 0 saturated carbocycles. The number of amides is 1. The van der Waals surface area contributed by atoms with E-state index in [9.17, 15) is 13.2 Å². The molecule has 3 aromatic rings. The zero-order valence-corrected chi connectivity index (χ0v) is 22.7. The third-order valence-electron chi connectivity index (χ3n) is 6.49. The van der Waals surface area contributed by atoms with E-state index in [1.165, 1.54) is 18.2 Å². The molecule has 1 N–H and O–H groups in total. The maximum absolute atomic E-state index is 15.1. The van der Waals surface area contributed by atoms with E-state index in [0.29, 0.717) is 25.2 Å². The molecule has 4 rings (SSSR count). The molecule has 10 heteroatoms. The number of ether oxygens (including phenoxy) is 1. The average Bonchev–Trinajstić information content (AvgIpc) is 3.20. The van der Waals surface area contributed by atoms with Gasteiger partial charge < -0.3 is 14.5 Å². The number of aliphatic imine (C=N–C) groups is 1. The Morgan fingerprint density at radius 2 is 1.87 bits per heavy atom. The molecule has 0 bridgehead atoms. The second-order valence-corrected chi connectivity index (χ2v) is 10.6. The highest BCUT2D eigenvalue weighted by Gasteiger charge is 2.25. The lowest BCUT2D eigenvalue weighted by molar-refractivity contribution is 0.0766. The van der Waals surface area contributed by atoms with Gasteiger partial charge >= 0.3 is 0 Å². The van der Waals surface area contributed by atoms with Crippen molar-refractivity contribution >= 4 is 45.8 Å². The second-order valence-electron chi connectivity index (χ2n) is 8.96. The Morgan fingerprint density at radius 3 is 2.59 bits per heavy atom. The molecule has 0 radical (unpaired) electrons. The number of carbonyl (C=O) groups is 1. The Hall–Kier alpha value is -4.18. The third kappa shape index (κ3) is 6.12. The van der Waals surface area contributed by atoms with E-state index in [2.05, 4.69) is 21.3 Å². The number of nitrogens with zero attached hydrogens (tertiary/aromatic N) is 3. The van der Waals surface area contributed by atoms with Crippen LogP contribution in [0, 0.1) is 5.82 Å². The molecule has 0 unspecified atom stereocenters. The first-order chi connectivity index (χ1) is 18.8. The summed E-state index contributed by atoms with van der Waals surface area (Å²) in [6.07, 6.45) is 4.20. The van der Waals surface area contributed by atoms with Gasteiger partial charge in [-0.3, -0.25) is 14.5 Å². The Bertz CT molecular complexity index is 1510. The minimum absolute atomic E-state index is 0.128. The van der Waals surface area contributed by atoms with Crippen molar-refractivity contribution in [2.75, 3.05) is 42.9 Å². The van der Waals surface area contributed by atoms with E-state index < -0.39 is 15.8 Å². The number of allylic oxidation sites excluding steroid dienone is 1. The monoisotopic (exact) mass is 550 g/mol. The summed E-state index contributed by atoms with van der Waals surface area (Å²) in [7, 11) is -2.56. The number of carbonyl (C=O) groups excluding carboxylic acids is 1. The summed E-state index contributed by atoms with van der Waals surface area (Å²) >= 11 is 0. The van der Waals surface area contributed by atoms with E-state index in [0.717, 1.165) is 30.5 Å². The molecule has 204 valence electrons. The number of para-hydroxylation sites is 3. The largest absolute Gasteiger partial charge is 0.495 e. The van der Waals surface area contributed by atoms with Crippen LogP contribution in [0.1, 0.15) is 29.3 Å². The van der Waals surface area contributed by atoms with Crippen molar-refractivity contribution < 1.29 is 22.3 Å². The molecule has 0 aromatic heterocycles. The number of sulfonamides is 1. The van der Waals surface area contributed by atoms with Crippen LogP contribution in [0.3, 0.4) is 0 Å².